The van der Waals surface area contributed by atoms with E-state index in [1.54, 1.807) is 6.20 Å². The molecule has 1 unspecified atom stereocenters. The van der Waals surface area contributed by atoms with Crippen molar-refractivity contribution < 1.29 is 4.74 Å². The Labute approximate surface area is 113 Å². The Hall–Kier alpha value is -1.87. The van der Waals surface area contributed by atoms with Crippen LogP contribution in [0, 0.1) is 0 Å². The van der Waals surface area contributed by atoms with Crippen LogP contribution in [0.1, 0.15) is 29.2 Å². The van der Waals surface area contributed by atoms with Gasteiger partial charge >= 0.3 is 0 Å². The second-order valence-electron chi connectivity index (χ2n) is 4.96. The summed E-state index contributed by atoms with van der Waals surface area (Å²) in [5.74, 6) is 1.00. The molecule has 0 saturated carbocycles. The molecule has 0 aliphatic carbocycles. The summed E-state index contributed by atoms with van der Waals surface area (Å²) in [7, 11) is 0. The van der Waals surface area contributed by atoms with Crippen molar-refractivity contribution in [2.75, 3.05) is 6.61 Å². The molecule has 1 aliphatic heterocycles. The first-order chi connectivity index (χ1) is 9.34. The van der Waals surface area contributed by atoms with Crippen molar-refractivity contribution >= 4 is 0 Å². The van der Waals surface area contributed by atoms with E-state index in [4.69, 9.17) is 10.5 Å². The third kappa shape index (κ3) is 2.61. The molecule has 1 aliphatic rings. The number of hydrogen-bond donors (Lipinski definition) is 1. The number of para-hydroxylation sites is 1. The minimum atomic E-state index is -0.0442. The molecule has 0 saturated heterocycles. The summed E-state index contributed by atoms with van der Waals surface area (Å²) < 4.78 is 5.82. The minimum Gasteiger partial charge on any atom is -0.493 e. The number of rotatable bonds is 3. The van der Waals surface area contributed by atoms with Crippen molar-refractivity contribution in [2.45, 2.75) is 25.3 Å². The zero-order valence-corrected chi connectivity index (χ0v) is 10.9. The predicted molar refractivity (Wildman–Crippen MR) is 75.1 cm³/mol. The summed E-state index contributed by atoms with van der Waals surface area (Å²) in [6.07, 6.45) is 6.61. The molecular weight excluding hydrogens is 236 g/mol. The van der Waals surface area contributed by atoms with Gasteiger partial charge in [-0.3, -0.25) is 4.98 Å². The van der Waals surface area contributed by atoms with E-state index in [1.165, 1.54) is 5.56 Å². The largest absolute Gasteiger partial charge is 0.493 e. The van der Waals surface area contributed by atoms with Gasteiger partial charge in [0.2, 0.25) is 0 Å². The number of benzene rings is 1. The predicted octanol–water partition coefficient (Wildman–Crippen LogP) is 2.65. The van der Waals surface area contributed by atoms with Crippen LogP contribution in [0.3, 0.4) is 0 Å². The molecule has 2 aromatic rings. The first-order valence-corrected chi connectivity index (χ1v) is 6.73. The summed E-state index contributed by atoms with van der Waals surface area (Å²) in [6.45, 7) is 0.795. The second-order valence-corrected chi connectivity index (χ2v) is 4.96. The maximum Gasteiger partial charge on any atom is 0.127 e. The van der Waals surface area contributed by atoms with E-state index >= 15 is 0 Å². The van der Waals surface area contributed by atoms with Crippen LogP contribution in [-0.4, -0.2) is 11.6 Å². The molecule has 1 atom stereocenters. The van der Waals surface area contributed by atoms with Gasteiger partial charge in [0, 0.05) is 24.0 Å². The number of aryl methyl sites for hydroxylation is 1. The summed E-state index contributed by atoms with van der Waals surface area (Å²) in [5, 5.41) is 0. The van der Waals surface area contributed by atoms with Gasteiger partial charge in [-0.05, 0) is 36.5 Å². The van der Waals surface area contributed by atoms with Crippen molar-refractivity contribution in [1.29, 1.82) is 0 Å². The highest BCUT2D eigenvalue weighted by atomic mass is 16.5. The fourth-order valence-corrected chi connectivity index (χ4v) is 2.59. The van der Waals surface area contributed by atoms with Crippen LogP contribution in [0.25, 0.3) is 0 Å². The number of nitrogens with two attached hydrogens (primary N) is 1. The van der Waals surface area contributed by atoms with Crippen LogP contribution in [0.15, 0.2) is 42.7 Å². The number of aromatic nitrogens is 1. The van der Waals surface area contributed by atoms with Crippen LogP contribution in [-0.2, 0) is 12.8 Å². The Kier molecular flexibility index (Phi) is 3.47. The summed E-state index contributed by atoms with van der Waals surface area (Å²) in [5.41, 5.74) is 9.89. The van der Waals surface area contributed by atoms with Gasteiger partial charge in [0.05, 0.1) is 6.61 Å². The minimum absolute atomic E-state index is 0.0442. The Morgan fingerprint density at radius 2 is 2.21 bits per heavy atom. The van der Waals surface area contributed by atoms with Gasteiger partial charge in [-0.1, -0.05) is 24.3 Å². The number of ether oxygens (including phenoxy) is 1. The lowest BCUT2D eigenvalue weighted by Crippen LogP contribution is -2.18. The van der Waals surface area contributed by atoms with Gasteiger partial charge < -0.3 is 10.5 Å². The lowest BCUT2D eigenvalue weighted by molar-refractivity contribution is 0.283. The molecule has 1 aromatic heterocycles. The van der Waals surface area contributed by atoms with Gasteiger partial charge in [0.15, 0.2) is 0 Å². The van der Waals surface area contributed by atoms with Crippen LogP contribution >= 0.6 is 0 Å². The molecule has 0 bridgehead atoms. The van der Waals surface area contributed by atoms with Gasteiger partial charge in [0.25, 0.3) is 0 Å². The first kappa shape index (κ1) is 12.2. The van der Waals surface area contributed by atoms with Crippen LogP contribution < -0.4 is 10.5 Å². The number of pyridine rings is 1. The number of fused-ring (bicyclic) bond motifs is 1. The molecule has 0 radical (unpaired) electrons. The summed E-state index contributed by atoms with van der Waals surface area (Å²) >= 11 is 0. The van der Waals surface area contributed by atoms with Crippen LogP contribution in [0.5, 0.6) is 5.75 Å². The van der Waals surface area contributed by atoms with E-state index in [1.807, 2.05) is 12.3 Å². The average molecular weight is 254 g/mol. The van der Waals surface area contributed by atoms with E-state index in [0.29, 0.717) is 0 Å². The molecular formula is C16H18N2O. The van der Waals surface area contributed by atoms with E-state index in [9.17, 15) is 0 Å². The maximum absolute atomic E-state index is 6.34. The van der Waals surface area contributed by atoms with Gasteiger partial charge in [0.1, 0.15) is 5.75 Å². The van der Waals surface area contributed by atoms with Crippen LogP contribution in [0.2, 0.25) is 0 Å². The molecule has 0 fully saturated rings. The van der Waals surface area contributed by atoms with Crippen LogP contribution in [0.4, 0.5) is 0 Å². The van der Waals surface area contributed by atoms with Gasteiger partial charge in [-0.15, -0.1) is 0 Å². The molecule has 3 heteroatoms. The maximum atomic E-state index is 6.34. The van der Waals surface area contributed by atoms with Gasteiger partial charge in [-0.25, -0.2) is 0 Å². The van der Waals surface area contributed by atoms with Crippen molar-refractivity contribution in [1.82, 2.24) is 4.98 Å². The lowest BCUT2D eigenvalue weighted by atomic mass is 9.95. The third-order valence-corrected chi connectivity index (χ3v) is 3.54. The molecule has 0 spiro atoms. The quantitative estimate of drug-likeness (QED) is 0.916. The second kappa shape index (κ2) is 5.41. The zero-order valence-electron chi connectivity index (χ0n) is 10.9. The molecule has 0 amide bonds. The fraction of sp³-hybridized carbons (Fsp3) is 0.312. The van der Waals surface area contributed by atoms with Crippen molar-refractivity contribution in [3.8, 4) is 5.75 Å². The zero-order chi connectivity index (χ0) is 13.1. The first-order valence-electron chi connectivity index (χ1n) is 6.73. The SMILES string of the molecule is NC(Cc1cccnc1)c1cccc2c1OCCC2. The smallest absolute Gasteiger partial charge is 0.127 e. The summed E-state index contributed by atoms with van der Waals surface area (Å²) in [4.78, 5) is 4.13. The summed E-state index contributed by atoms with van der Waals surface area (Å²) in [6, 6.07) is 10.2. The normalized spacial score (nSPS) is 15.4. The highest BCUT2D eigenvalue weighted by Crippen LogP contribution is 2.33. The fourth-order valence-electron chi connectivity index (χ4n) is 2.59. The highest BCUT2D eigenvalue weighted by molar-refractivity contribution is 5.44. The average Bonchev–Trinajstić information content (AvgIpc) is 2.47. The Morgan fingerprint density at radius 3 is 3.05 bits per heavy atom. The monoisotopic (exact) mass is 254 g/mol. The Bertz CT molecular complexity index is 554. The van der Waals surface area contributed by atoms with E-state index in [-0.39, 0.29) is 6.04 Å². The lowest BCUT2D eigenvalue weighted by Gasteiger charge is -2.23. The molecule has 2 N–H and O–H groups in total. The van der Waals surface area contributed by atoms with E-state index < -0.39 is 0 Å². The van der Waals surface area contributed by atoms with Gasteiger partial charge in [-0.2, -0.15) is 0 Å². The van der Waals surface area contributed by atoms with E-state index in [2.05, 4.69) is 29.2 Å². The molecule has 3 nitrogen and oxygen atoms in total. The third-order valence-electron chi connectivity index (χ3n) is 3.54. The van der Waals surface area contributed by atoms with Crippen molar-refractivity contribution in [3.63, 3.8) is 0 Å². The van der Waals surface area contributed by atoms with Crippen molar-refractivity contribution in [2.24, 2.45) is 5.73 Å². The topological polar surface area (TPSA) is 48.1 Å². The highest BCUT2D eigenvalue weighted by Gasteiger charge is 2.18. The molecule has 98 valence electrons. The molecule has 19 heavy (non-hydrogen) atoms. The van der Waals surface area contributed by atoms with Crippen molar-refractivity contribution in [3.05, 3.63) is 59.4 Å². The Balaban J connectivity index is 1.86. The Morgan fingerprint density at radius 1 is 1.26 bits per heavy atom. The standard InChI is InChI=1S/C16H18N2O/c17-15(10-12-4-2-8-18-11-12)14-7-1-5-13-6-3-9-19-16(13)14/h1-2,4-5,7-8,11,15H,3,6,9-10,17H2. The molecule has 2 heterocycles. The molecule has 3 rings (SSSR count). The molecule has 1 aromatic carbocycles. The number of hydrogen-bond acceptors (Lipinski definition) is 3. The number of nitrogens with zero attached hydrogens (tertiary/aromatic N) is 1. The van der Waals surface area contributed by atoms with E-state index in [0.717, 1.165) is 42.7 Å².